The summed E-state index contributed by atoms with van der Waals surface area (Å²) >= 11 is 5.46. The van der Waals surface area contributed by atoms with E-state index in [4.69, 9.17) is 17.3 Å². The Kier molecular flexibility index (Phi) is 3.41. The lowest BCUT2D eigenvalue weighted by Crippen LogP contribution is -2.11. The number of hydrogen-bond donors (Lipinski definition) is 1. The molecule has 1 heterocycles. The maximum atomic E-state index is 12.4. The van der Waals surface area contributed by atoms with E-state index in [1.165, 1.54) is 0 Å². The first-order valence-corrected chi connectivity index (χ1v) is 4.17. The molecule has 1 aromatic heterocycles. The van der Waals surface area contributed by atoms with Gasteiger partial charge in [-0.2, -0.15) is 0 Å². The first-order valence-electron chi connectivity index (χ1n) is 3.79. The molecule has 7 heteroatoms. The molecule has 82 valence electrons. The smallest absolute Gasteiger partial charge is 0.358 e. The molecule has 0 atom stereocenters. The van der Waals surface area contributed by atoms with Crippen molar-refractivity contribution >= 4 is 23.3 Å². The molecule has 0 amide bonds. The average molecular weight is 237 g/mol. The van der Waals surface area contributed by atoms with Gasteiger partial charge >= 0.3 is 5.97 Å². The molecule has 0 saturated carbocycles. The molecule has 0 aliphatic rings. The molecule has 0 aliphatic heterocycles. The van der Waals surface area contributed by atoms with Crippen LogP contribution in [0.15, 0.2) is 6.07 Å². The van der Waals surface area contributed by atoms with Gasteiger partial charge in [-0.15, -0.1) is 0 Å². The molecule has 0 aromatic carbocycles. The summed E-state index contributed by atoms with van der Waals surface area (Å²) in [7, 11) is 1.09. The minimum atomic E-state index is -2.83. The molecule has 2 N–H and O–H groups in total. The summed E-state index contributed by atoms with van der Waals surface area (Å²) in [4.78, 5) is 14.6. The second-order valence-corrected chi connectivity index (χ2v) is 2.98. The molecule has 0 radical (unpaired) electrons. The van der Waals surface area contributed by atoms with Crippen molar-refractivity contribution in [1.82, 2.24) is 4.98 Å². The van der Waals surface area contributed by atoms with Gasteiger partial charge < -0.3 is 10.5 Å². The minimum Gasteiger partial charge on any atom is -0.464 e. The lowest BCUT2D eigenvalue weighted by atomic mass is 10.2. The van der Waals surface area contributed by atoms with Crippen LogP contribution < -0.4 is 5.73 Å². The highest BCUT2D eigenvalue weighted by molar-refractivity contribution is 6.29. The molecule has 0 spiro atoms. The molecule has 0 bridgehead atoms. The number of nitrogens with two attached hydrogens (primary N) is 1. The van der Waals surface area contributed by atoms with E-state index >= 15 is 0 Å². The third-order valence-corrected chi connectivity index (χ3v) is 1.87. The first kappa shape index (κ1) is 11.6. The highest BCUT2D eigenvalue weighted by Gasteiger charge is 2.21. The van der Waals surface area contributed by atoms with Gasteiger partial charge in [-0.3, -0.25) is 0 Å². The van der Waals surface area contributed by atoms with Gasteiger partial charge in [0.25, 0.3) is 6.43 Å². The number of aromatic nitrogens is 1. The molecular formula is C8H7ClF2N2O2. The van der Waals surface area contributed by atoms with Gasteiger partial charge in [0.2, 0.25) is 0 Å². The number of methoxy groups -OCH3 is 1. The number of nitrogen functional groups attached to an aromatic ring is 1. The monoisotopic (exact) mass is 236 g/mol. The number of anilines is 1. The standard InChI is InChI=1S/C8H7ClF2N2O2/c1-15-8(14)6-5(12)3(7(10)11)2-4(9)13-6/h2,7H,12H2,1H3. The van der Waals surface area contributed by atoms with Crippen molar-refractivity contribution in [2.45, 2.75) is 6.43 Å². The first-order chi connectivity index (χ1) is 6.97. The lowest BCUT2D eigenvalue weighted by Gasteiger charge is -2.08. The predicted molar refractivity (Wildman–Crippen MR) is 50.0 cm³/mol. The number of carbonyl (C=O) groups is 1. The van der Waals surface area contributed by atoms with Gasteiger partial charge in [-0.1, -0.05) is 11.6 Å². The van der Waals surface area contributed by atoms with E-state index < -0.39 is 29.3 Å². The zero-order valence-electron chi connectivity index (χ0n) is 7.63. The average Bonchev–Trinajstić information content (AvgIpc) is 2.19. The Morgan fingerprint density at radius 3 is 2.73 bits per heavy atom. The van der Waals surface area contributed by atoms with Gasteiger partial charge in [0, 0.05) is 5.56 Å². The van der Waals surface area contributed by atoms with Crippen molar-refractivity contribution in [3.8, 4) is 0 Å². The molecule has 0 aliphatic carbocycles. The Balaban J connectivity index is 3.34. The third kappa shape index (κ3) is 2.33. The number of halogens is 3. The number of carbonyl (C=O) groups excluding carboxylic acids is 1. The second kappa shape index (κ2) is 4.39. The van der Waals surface area contributed by atoms with Crippen LogP contribution in [0.4, 0.5) is 14.5 Å². The Morgan fingerprint density at radius 2 is 2.27 bits per heavy atom. The topological polar surface area (TPSA) is 65.2 Å². The Hall–Kier alpha value is -1.43. The van der Waals surface area contributed by atoms with Crippen LogP contribution in [-0.4, -0.2) is 18.1 Å². The summed E-state index contributed by atoms with van der Waals surface area (Å²) in [6, 6.07) is 0.911. The van der Waals surface area contributed by atoms with Crippen LogP contribution in [0.25, 0.3) is 0 Å². The largest absolute Gasteiger partial charge is 0.464 e. The Morgan fingerprint density at radius 1 is 1.67 bits per heavy atom. The summed E-state index contributed by atoms with van der Waals surface area (Å²) in [6.07, 6.45) is -2.83. The molecule has 1 aromatic rings. The van der Waals surface area contributed by atoms with E-state index in [-0.39, 0.29) is 5.15 Å². The fourth-order valence-corrected chi connectivity index (χ4v) is 1.18. The van der Waals surface area contributed by atoms with Crippen molar-refractivity contribution in [3.05, 3.63) is 22.5 Å². The van der Waals surface area contributed by atoms with Crippen LogP contribution in [0.3, 0.4) is 0 Å². The van der Waals surface area contributed by atoms with E-state index in [0.29, 0.717) is 0 Å². The molecular weight excluding hydrogens is 230 g/mol. The van der Waals surface area contributed by atoms with Crippen LogP contribution in [-0.2, 0) is 4.74 Å². The van der Waals surface area contributed by atoms with E-state index in [1.807, 2.05) is 0 Å². The summed E-state index contributed by atoms with van der Waals surface area (Å²) in [5, 5.41) is -0.236. The van der Waals surface area contributed by atoms with E-state index in [9.17, 15) is 13.6 Å². The fourth-order valence-electron chi connectivity index (χ4n) is 0.975. The number of alkyl halides is 2. The van der Waals surface area contributed by atoms with Crippen molar-refractivity contribution in [2.24, 2.45) is 0 Å². The normalized spacial score (nSPS) is 10.5. The molecule has 15 heavy (non-hydrogen) atoms. The Bertz CT molecular complexity index is 398. The lowest BCUT2D eigenvalue weighted by molar-refractivity contribution is 0.0595. The summed E-state index contributed by atoms with van der Waals surface area (Å²) < 4.78 is 29.2. The van der Waals surface area contributed by atoms with E-state index in [2.05, 4.69) is 9.72 Å². The molecule has 0 fully saturated rings. The van der Waals surface area contributed by atoms with Crippen LogP contribution in [0.2, 0.25) is 5.15 Å². The number of rotatable bonds is 2. The fraction of sp³-hybridized carbons (Fsp3) is 0.250. The number of pyridine rings is 1. The maximum Gasteiger partial charge on any atom is 0.358 e. The number of ether oxygens (including phenoxy) is 1. The Labute approximate surface area is 89.0 Å². The van der Waals surface area contributed by atoms with E-state index in [0.717, 1.165) is 13.2 Å². The van der Waals surface area contributed by atoms with Crippen molar-refractivity contribution < 1.29 is 18.3 Å². The zero-order valence-corrected chi connectivity index (χ0v) is 8.39. The summed E-state index contributed by atoms with van der Waals surface area (Å²) in [5.74, 6) is -0.906. The number of hydrogen-bond acceptors (Lipinski definition) is 4. The van der Waals surface area contributed by atoms with Crippen LogP contribution >= 0.6 is 11.6 Å². The molecule has 1 rings (SSSR count). The van der Waals surface area contributed by atoms with E-state index in [1.54, 1.807) is 0 Å². The van der Waals surface area contributed by atoms with Crippen LogP contribution in [0.1, 0.15) is 22.5 Å². The zero-order chi connectivity index (χ0) is 11.6. The third-order valence-electron chi connectivity index (χ3n) is 1.67. The highest BCUT2D eigenvalue weighted by Crippen LogP contribution is 2.29. The quantitative estimate of drug-likeness (QED) is 0.630. The SMILES string of the molecule is COC(=O)c1nc(Cl)cc(C(F)F)c1N. The predicted octanol–water partition coefficient (Wildman–Crippen LogP) is 2.04. The van der Waals surface area contributed by atoms with Crippen molar-refractivity contribution in [2.75, 3.05) is 12.8 Å². The van der Waals surface area contributed by atoms with Gasteiger partial charge in [0.15, 0.2) is 5.69 Å². The minimum absolute atomic E-state index is 0.236. The summed E-state index contributed by atoms with van der Waals surface area (Å²) in [5.41, 5.74) is 3.98. The summed E-state index contributed by atoms with van der Waals surface area (Å²) in [6.45, 7) is 0. The maximum absolute atomic E-state index is 12.4. The van der Waals surface area contributed by atoms with Crippen LogP contribution in [0, 0.1) is 0 Å². The molecule has 0 unspecified atom stereocenters. The number of esters is 1. The van der Waals surface area contributed by atoms with Gasteiger partial charge in [0.1, 0.15) is 5.15 Å². The molecule has 4 nitrogen and oxygen atoms in total. The van der Waals surface area contributed by atoms with Crippen LogP contribution in [0.5, 0.6) is 0 Å². The second-order valence-electron chi connectivity index (χ2n) is 2.59. The van der Waals surface area contributed by atoms with Crippen molar-refractivity contribution in [3.63, 3.8) is 0 Å². The highest BCUT2D eigenvalue weighted by atomic mass is 35.5. The van der Waals surface area contributed by atoms with Gasteiger partial charge in [0.05, 0.1) is 12.8 Å². The number of nitrogens with zero attached hydrogens (tertiary/aromatic N) is 1. The van der Waals surface area contributed by atoms with Crippen molar-refractivity contribution in [1.29, 1.82) is 0 Å². The van der Waals surface area contributed by atoms with Gasteiger partial charge in [-0.25, -0.2) is 18.6 Å². The van der Waals surface area contributed by atoms with Gasteiger partial charge in [-0.05, 0) is 6.07 Å². The molecule has 0 saturated heterocycles.